The number of rotatable bonds is 2. The molecule has 0 saturated carbocycles. The Kier molecular flexibility index (Phi) is 3.31. The SMILES string of the molecule is N#CCc1ccc(NN)cc1I. The minimum atomic E-state index is 0.448. The number of anilines is 1. The van der Waals surface area contributed by atoms with Gasteiger partial charge in [-0.1, -0.05) is 6.07 Å². The van der Waals surface area contributed by atoms with Gasteiger partial charge < -0.3 is 5.43 Å². The Bertz CT molecular complexity index is 317. The van der Waals surface area contributed by atoms with Gasteiger partial charge in [-0.15, -0.1) is 0 Å². The van der Waals surface area contributed by atoms with Gasteiger partial charge in [0, 0.05) is 9.26 Å². The summed E-state index contributed by atoms with van der Waals surface area (Å²) in [5.41, 5.74) is 4.45. The molecule has 4 heteroatoms. The standard InChI is InChI=1S/C8H8IN3/c9-8-5-7(12-11)2-1-6(8)3-4-10/h1-2,5,12H,3,11H2. The van der Waals surface area contributed by atoms with Crippen molar-refractivity contribution in [1.29, 1.82) is 5.26 Å². The van der Waals surface area contributed by atoms with Crippen molar-refractivity contribution in [1.82, 2.24) is 0 Å². The van der Waals surface area contributed by atoms with E-state index in [0.29, 0.717) is 6.42 Å². The van der Waals surface area contributed by atoms with E-state index in [-0.39, 0.29) is 0 Å². The summed E-state index contributed by atoms with van der Waals surface area (Å²) in [4.78, 5) is 0. The topological polar surface area (TPSA) is 61.8 Å². The van der Waals surface area contributed by atoms with E-state index in [2.05, 4.69) is 34.1 Å². The Morgan fingerprint density at radius 1 is 1.58 bits per heavy atom. The molecular formula is C8H8IN3. The Morgan fingerprint density at radius 2 is 2.33 bits per heavy atom. The molecule has 3 nitrogen and oxygen atoms in total. The summed E-state index contributed by atoms with van der Waals surface area (Å²) in [6, 6.07) is 7.77. The summed E-state index contributed by atoms with van der Waals surface area (Å²) in [5, 5.41) is 8.48. The molecule has 0 spiro atoms. The molecule has 0 radical (unpaired) electrons. The minimum Gasteiger partial charge on any atom is -0.324 e. The fourth-order valence-electron chi connectivity index (χ4n) is 0.866. The van der Waals surface area contributed by atoms with E-state index < -0.39 is 0 Å². The average molecular weight is 273 g/mol. The second-order valence-electron chi connectivity index (χ2n) is 2.29. The van der Waals surface area contributed by atoms with Crippen molar-refractivity contribution in [3.05, 3.63) is 27.3 Å². The normalized spacial score (nSPS) is 9.08. The monoisotopic (exact) mass is 273 g/mol. The summed E-state index contributed by atoms with van der Waals surface area (Å²) < 4.78 is 1.06. The van der Waals surface area contributed by atoms with Crippen molar-refractivity contribution >= 4 is 28.3 Å². The lowest BCUT2D eigenvalue weighted by molar-refractivity contribution is 1.23. The number of benzene rings is 1. The molecule has 0 aromatic heterocycles. The zero-order valence-electron chi connectivity index (χ0n) is 6.34. The van der Waals surface area contributed by atoms with Gasteiger partial charge in [0.15, 0.2) is 0 Å². The van der Waals surface area contributed by atoms with Crippen LogP contribution >= 0.6 is 22.6 Å². The van der Waals surface area contributed by atoms with E-state index in [4.69, 9.17) is 11.1 Å². The van der Waals surface area contributed by atoms with E-state index in [1.807, 2.05) is 18.2 Å². The molecule has 0 aliphatic heterocycles. The van der Waals surface area contributed by atoms with E-state index >= 15 is 0 Å². The van der Waals surface area contributed by atoms with Crippen LogP contribution in [0.3, 0.4) is 0 Å². The number of nitrogens with one attached hydrogen (secondary N) is 1. The van der Waals surface area contributed by atoms with Crippen molar-refractivity contribution in [2.75, 3.05) is 5.43 Å². The van der Waals surface area contributed by atoms with Crippen LogP contribution in [0.2, 0.25) is 0 Å². The Balaban J connectivity index is 2.97. The lowest BCUT2D eigenvalue weighted by Gasteiger charge is -2.03. The average Bonchev–Trinajstić information content (AvgIpc) is 2.09. The molecule has 1 aromatic rings. The number of nitrogens with two attached hydrogens (primary N) is 1. The molecule has 12 heavy (non-hydrogen) atoms. The van der Waals surface area contributed by atoms with E-state index in [9.17, 15) is 0 Å². The van der Waals surface area contributed by atoms with Crippen molar-refractivity contribution in [2.45, 2.75) is 6.42 Å². The van der Waals surface area contributed by atoms with Gasteiger partial charge in [0.2, 0.25) is 0 Å². The zero-order valence-corrected chi connectivity index (χ0v) is 8.50. The first-order chi connectivity index (χ1) is 5.77. The highest BCUT2D eigenvalue weighted by molar-refractivity contribution is 14.1. The molecule has 1 aromatic carbocycles. The molecule has 0 bridgehead atoms. The van der Waals surface area contributed by atoms with Gasteiger partial charge >= 0.3 is 0 Å². The van der Waals surface area contributed by atoms with Crippen molar-refractivity contribution in [3.63, 3.8) is 0 Å². The second kappa shape index (κ2) is 4.28. The van der Waals surface area contributed by atoms with Gasteiger partial charge in [-0.3, -0.25) is 5.84 Å². The van der Waals surface area contributed by atoms with Gasteiger partial charge in [-0.2, -0.15) is 5.26 Å². The maximum absolute atomic E-state index is 8.48. The molecule has 0 amide bonds. The fraction of sp³-hybridized carbons (Fsp3) is 0.125. The maximum atomic E-state index is 8.48. The third kappa shape index (κ3) is 2.09. The number of nitriles is 1. The smallest absolute Gasteiger partial charge is 0.0670 e. The maximum Gasteiger partial charge on any atom is 0.0670 e. The number of hydrogen-bond acceptors (Lipinski definition) is 3. The summed E-state index contributed by atoms with van der Waals surface area (Å²) >= 11 is 2.19. The fourth-order valence-corrected chi connectivity index (χ4v) is 1.57. The first-order valence-electron chi connectivity index (χ1n) is 3.40. The summed E-state index contributed by atoms with van der Waals surface area (Å²) in [7, 11) is 0. The Labute approximate surface area is 84.7 Å². The van der Waals surface area contributed by atoms with Crippen LogP contribution in [0.1, 0.15) is 5.56 Å². The van der Waals surface area contributed by atoms with E-state index in [1.165, 1.54) is 0 Å². The first-order valence-corrected chi connectivity index (χ1v) is 4.48. The van der Waals surface area contributed by atoms with Crippen LogP contribution in [0.5, 0.6) is 0 Å². The van der Waals surface area contributed by atoms with Crippen molar-refractivity contribution in [3.8, 4) is 6.07 Å². The number of nitrogen functional groups attached to an aromatic ring is 1. The molecule has 0 aliphatic rings. The number of hydrazine groups is 1. The quantitative estimate of drug-likeness (QED) is 0.489. The van der Waals surface area contributed by atoms with Crippen LogP contribution in [-0.2, 0) is 6.42 Å². The predicted octanol–water partition coefficient (Wildman–Crippen LogP) is 1.64. The van der Waals surface area contributed by atoms with Crippen LogP contribution in [0, 0.1) is 14.9 Å². The summed E-state index contributed by atoms with van der Waals surface area (Å²) in [5.74, 6) is 5.22. The number of halogens is 1. The van der Waals surface area contributed by atoms with Crippen molar-refractivity contribution < 1.29 is 0 Å². The van der Waals surface area contributed by atoms with Gasteiger partial charge in [-0.05, 0) is 40.3 Å². The van der Waals surface area contributed by atoms with E-state index in [0.717, 1.165) is 14.8 Å². The molecule has 3 N–H and O–H groups in total. The third-order valence-corrected chi connectivity index (χ3v) is 2.49. The van der Waals surface area contributed by atoms with Gasteiger partial charge in [0.1, 0.15) is 0 Å². The second-order valence-corrected chi connectivity index (χ2v) is 3.45. The zero-order chi connectivity index (χ0) is 8.97. The minimum absolute atomic E-state index is 0.448. The highest BCUT2D eigenvalue weighted by atomic mass is 127. The van der Waals surface area contributed by atoms with Gasteiger partial charge in [-0.25, -0.2) is 0 Å². The lowest BCUT2D eigenvalue weighted by Crippen LogP contribution is -2.06. The van der Waals surface area contributed by atoms with Crippen LogP contribution in [0.25, 0.3) is 0 Å². The van der Waals surface area contributed by atoms with Crippen LogP contribution < -0.4 is 11.3 Å². The Hall–Kier alpha value is -0.800. The van der Waals surface area contributed by atoms with Gasteiger partial charge in [0.25, 0.3) is 0 Å². The highest BCUT2D eigenvalue weighted by Gasteiger charge is 1.99. The van der Waals surface area contributed by atoms with Crippen LogP contribution in [-0.4, -0.2) is 0 Å². The van der Waals surface area contributed by atoms with Gasteiger partial charge in [0.05, 0.1) is 12.5 Å². The third-order valence-electron chi connectivity index (χ3n) is 1.49. The molecule has 0 fully saturated rings. The predicted molar refractivity (Wildman–Crippen MR) is 56.3 cm³/mol. The summed E-state index contributed by atoms with van der Waals surface area (Å²) in [6.45, 7) is 0. The molecular weight excluding hydrogens is 265 g/mol. The molecule has 0 heterocycles. The largest absolute Gasteiger partial charge is 0.324 e. The number of nitrogens with zero attached hydrogens (tertiary/aromatic N) is 1. The molecule has 0 atom stereocenters. The molecule has 0 saturated heterocycles. The number of hydrogen-bond donors (Lipinski definition) is 2. The molecule has 0 aliphatic carbocycles. The molecule has 1 rings (SSSR count). The summed E-state index contributed by atoms with van der Waals surface area (Å²) in [6.07, 6.45) is 0.448. The van der Waals surface area contributed by atoms with E-state index in [1.54, 1.807) is 0 Å². The molecule has 0 unspecified atom stereocenters. The first kappa shape index (κ1) is 9.29. The Morgan fingerprint density at radius 3 is 2.83 bits per heavy atom. The van der Waals surface area contributed by atoms with Crippen LogP contribution in [0.15, 0.2) is 18.2 Å². The molecule has 62 valence electrons. The lowest BCUT2D eigenvalue weighted by atomic mass is 10.1. The highest BCUT2D eigenvalue weighted by Crippen LogP contribution is 2.17. The van der Waals surface area contributed by atoms with Crippen molar-refractivity contribution in [2.24, 2.45) is 5.84 Å². The van der Waals surface area contributed by atoms with Crippen LogP contribution in [0.4, 0.5) is 5.69 Å².